The molecule has 27 heavy (non-hydrogen) atoms. The van der Waals surface area contributed by atoms with E-state index < -0.39 is 0 Å². The second kappa shape index (κ2) is 7.44. The van der Waals surface area contributed by atoms with Gasteiger partial charge in [-0.15, -0.1) is 11.3 Å². The van der Waals surface area contributed by atoms with Crippen molar-refractivity contribution in [2.24, 2.45) is 0 Å². The molecular weight excluding hydrogens is 382 g/mol. The van der Waals surface area contributed by atoms with E-state index in [-0.39, 0.29) is 17.9 Å². The number of aromatic nitrogens is 2. The van der Waals surface area contributed by atoms with Gasteiger partial charge in [0.2, 0.25) is 5.91 Å². The number of benzene rings is 1. The molecular formula is C20H20ClN3O2S. The van der Waals surface area contributed by atoms with Crippen molar-refractivity contribution in [3.63, 3.8) is 0 Å². The first-order chi connectivity index (χ1) is 13.0. The Morgan fingerprint density at radius 2 is 2.15 bits per heavy atom. The maximum atomic E-state index is 12.9. The summed E-state index contributed by atoms with van der Waals surface area (Å²) in [5, 5.41) is 4.06. The number of thiophene rings is 1. The third-order valence-corrected chi connectivity index (χ3v) is 6.43. The van der Waals surface area contributed by atoms with Crippen LogP contribution in [0.5, 0.6) is 0 Å². The van der Waals surface area contributed by atoms with E-state index in [0.29, 0.717) is 17.3 Å². The number of halogens is 1. The predicted molar refractivity (Wildman–Crippen MR) is 110 cm³/mol. The van der Waals surface area contributed by atoms with Gasteiger partial charge in [0.25, 0.3) is 5.56 Å². The van der Waals surface area contributed by atoms with Gasteiger partial charge < -0.3 is 5.32 Å². The number of hydrogen-bond donors (Lipinski definition) is 1. The number of nitrogens with one attached hydrogen (secondary N) is 1. The first-order valence-corrected chi connectivity index (χ1v) is 10.3. The molecule has 0 fully saturated rings. The van der Waals surface area contributed by atoms with E-state index in [9.17, 15) is 9.59 Å². The fourth-order valence-electron chi connectivity index (χ4n) is 3.50. The minimum absolute atomic E-state index is 0.0411. The minimum Gasteiger partial charge on any atom is -0.325 e. The second-order valence-corrected chi connectivity index (χ2v) is 8.41. The fourth-order valence-corrected chi connectivity index (χ4v) is 5.00. The van der Waals surface area contributed by atoms with Crippen LogP contribution in [0.25, 0.3) is 10.2 Å². The lowest BCUT2D eigenvalue weighted by Gasteiger charge is -2.11. The molecule has 5 nitrogen and oxygen atoms in total. The van der Waals surface area contributed by atoms with Crippen LogP contribution in [0.4, 0.5) is 5.69 Å². The molecule has 1 aliphatic rings. The minimum atomic E-state index is -0.180. The normalized spacial score (nSPS) is 13.6. The highest BCUT2D eigenvalue weighted by molar-refractivity contribution is 7.18. The van der Waals surface area contributed by atoms with Gasteiger partial charge in [-0.3, -0.25) is 14.2 Å². The lowest BCUT2D eigenvalue weighted by molar-refractivity contribution is -0.116. The zero-order chi connectivity index (χ0) is 19.0. The summed E-state index contributed by atoms with van der Waals surface area (Å²) in [5.74, 6) is -0.180. The maximum absolute atomic E-state index is 12.9. The largest absolute Gasteiger partial charge is 0.325 e. The van der Waals surface area contributed by atoms with Crippen LogP contribution in [-0.4, -0.2) is 15.5 Å². The smallest absolute Gasteiger partial charge is 0.262 e. The SMILES string of the molecule is Cc1ccc(NC(=O)CCn2cnc3sc4c(c3c2=O)CCCC4)c(Cl)c1. The lowest BCUT2D eigenvalue weighted by Crippen LogP contribution is -2.24. The Morgan fingerprint density at radius 3 is 2.96 bits per heavy atom. The van der Waals surface area contributed by atoms with E-state index >= 15 is 0 Å². The maximum Gasteiger partial charge on any atom is 0.262 e. The van der Waals surface area contributed by atoms with Gasteiger partial charge in [0.05, 0.1) is 22.4 Å². The van der Waals surface area contributed by atoms with Gasteiger partial charge in [-0.2, -0.15) is 0 Å². The van der Waals surface area contributed by atoms with Crippen molar-refractivity contribution in [1.29, 1.82) is 0 Å². The second-order valence-electron chi connectivity index (χ2n) is 6.92. The summed E-state index contributed by atoms with van der Waals surface area (Å²) < 4.78 is 1.54. The Morgan fingerprint density at radius 1 is 1.33 bits per heavy atom. The van der Waals surface area contributed by atoms with Crippen LogP contribution in [0, 0.1) is 6.92 Å². The Balaban J connectivity index is 1.51. The molecule has 1 aromatic carbocycles. The fraction of sp³-hybridized carbons (Fsp3) is 0.350. The molecule has 0 aliphatic heterocycles. The van der Waals surface area contributed by atoms with Crippen LogP contribution < -0.4 is 10.9 Å². The van der Waals surface area contributed by atoms with Crippen LogP contribution in [0.1, 0.15) is 35.3 Å². The molecule has 1 amide bonds. The average molecular weight is 402 g/mol. The molecule has 1 aliphatic carbocycles. The van der Waals surface area contributed by atoms with Crippen LogP contribution in [0.2, 0.25) is 5.02 Å². The Hall–Kier alpha value is -2.18. The van der Waals surface area contributed by atoms with E-state index in [1.54, 1.807) is 34.4 Å². The van der Waals surface area contributed by atoms with Gasteiger partial charge in [0, 0.05) is 17.8 Å². The molecule has 0 atom stereocenters. The first-order valence-electron chi connectivity index (χ1n) is 9.08. The first kappa shape index (κ1) is 18.2. The van der Waals surface area contributed by atoms with Crippen molar-refractivity contribution in [3.05, 3.63) is 55.9 Å². The summed E-state index contributed by atoms with van der Waals surface area (Å²) in [5.41, 5.74) is 2.74. The molecule has 3 aromatic rings. The van der Waals surface area contributed by atoms with Crippen LogP contribution >= 0.6 is 22.9 Å². The third-order valence-electron chi connectivity index (χ3n) is 4.92. The number of anilines is 1. The summed E-state index contributed by atoms with van der Waals surface area (Å²) in [6.07, 6.45) is 6.02. The van der Waals surface area contributed by atoms with E-state index in [2.05, 4.69) is 10.3 Å². The number of hydrogen-bond acceptors (Lipinski definition) is 4. The third kappa shape index (κ3) is 3.64. The monoisotopic (exact) mass is 401 g/mol. The van der Waals surface area contributed by atoms with Crippen LogP contribution in [0.3, 0.4) is 0 Å². The molecule has 0 radical (unpaired) electrons. The highest BCUT2D eigenvalue weighted by atomic mass is 35.5. The van der Waals surface area contributed by atoms with Gasteiger partial charge in [0.15, 0.2) is 0 Å². The molecule has 140 valence electrons. The van der Waals surface area contributed by atoms with Gasteiger partial charge in [-0.25, -0.2) is 4.98 Å². The van der Waals surface area contributed by atoms with Gasteiger partial charge in [-0.05, 0) is 55.9 Å². The molecule has 2 aromatic heterocycles. The number of nitrogens with zero attached hydrogens (tertiary/aromatic N) is 2. The van der Waals surface area contributed by atoms with Crippen LogP contribution in [-0.2, 0) is 24.2 Å². The van der Waals surface area contributed by atoms with Gasteiger partial charge in [-0.1, -0.05) is 17.7 Å². The predicted octanol–water partition coefficient (Wildman–Crippen LogP) is 4.33. The molecule has 0 spiro atoms. The Bertz CT molecular complexity index is 1090. The van der Waals surface area contributed by atoms with Crippen molar-refractivity contribution in [2.45, 2.75) is 45.6 Å². The van der Waals surface area contributed by atoms with Crippen molar-refractivity contribution in [3.8, 4) is 0 Å². The molecule has 4 rings (SSSR count). The summed E-state index contributed by atoms with van der Waals surface area (Å²) in [4.78, 5) is 31.8. The molecule has 0 saturated carbocycles. The molecule has 1 N–H and O–H groups in total. The van der Waals surface area contributed by atoms with E-state index in [1.165, 1.54) is 16.9 Å². The van der Waals surface area contributed by atoms with Gasteiger partial charge >= 0.3 is 0 Å². The molecule has 0 saturated heterocycles. The van der Waals surface area contributed by atoms with Crippen molar-refractivity contribution in [1.82, 2.24) is 9.55 Å². The number of aryl methyl sites for hydroxylation is 4. The standard InChI is InChI=1S/C20H20ClN3O2S/c1-12-6-7-15(14(21)10-12)23-17(25)8-9-24-11-22-19-18(20(24)26)13-4-2-3-5-16(13)27-19/h6-7,10-11H,2-5,8-9H2,1H3,(H,23,25). The zero-order valence-electron chi connectivity index (χ0n) is 15.0. The Labute approximate surface area is 166 Å². The number of carbonyl (C=O) groups is 1. The number of fused-ring (bicyclic) bond motifs is 3. The van der Waals surface area contributed by atoms with Crippen molar-refractivity contribution < 1.29 is 4.79 Å². The summed E-state index contributed by atoms with van der Waals surface area (Å²) in [6, 6.07) is 5.48. The summed E-state index contributed by atoms with van der Waals surface area (Å²) >= 11 is 7.79. The van der Waals surface area contributed by atoms with E-state index in [4.69, 9.17) is 11.6 Å². The quantitative estimate of drug-likeness (QED) is 0.707. The van der Waals surface area contributed by atoms with E-state index in [0.717, 1.165) is 35.0 Å². The summed E-state index contributed by atoms with van der Waals surface area (Å²) in [6.45, 7) is 2.23. The summed E-state index contributed by atoms with van der Waals surface area (Å²) in [7, 11) is 0. The highest BCUT2D eigenvalue weighted by Crippen LogP contribution is 2.33. The van der Waals surface area contributed by atoms with Crippen molar-refractivity contribution in [2.75, 3.05) is 5.32 Å². The molecule has 0 bridgehead atoms. The molecule has 0 unspecified atom stereocenters. The molecule has 2 heterocycles. The lowest BCUT2D eigenvalue weighted by atomic mass is 9.97. The molecule has 7 heteroatoms. The average Bonchev–Trinajstić information content (AvgIpc) is 3.03. The van der Waals surface area contributed by atoms with Crippen LogP contribution in [0.15, 0.2) is 29.3 Å². The highest BCUT2D eigenvalue weighted by Gasteiger charge is 2.20. The van der Waals surface area contributed by atoms with Gasteiger partial charge in [0.1, 0.15) is 4.83 Å². The number of amides is 1. The topological polar surface area (TPSA) is 64.0 Å². The Kier molecular flexibility index (Phi) is 5.02. The zero-order valence-corrected chi connectivity index (χ0v) is 16.6. The van der Waals surface area contributed by atoms with E-state index in [1.807, 2.05) is 13.0 Å². The van der Waals surface area contributed by atoms with Crippen molar-refractivity contribution >= 4 is 44.7 Å². The number of rotatable bonds is 4. The number of carbonyl (C=O) groups excluding carboxylic acids is 1.